The zero-order chi connectivity index (χ0) is 15.8. The molecule has 0 atom stereocenters. The zero-order valence-corrected chi connectivity index (χ0v) is 12.2. The van der Waals surface area contributed by atoms with E-state index in [0.29, 0.717) is 12.2 Å². The lowest BCUT2D eigenvalue weighted by Crippen LogP contribution is -2.28. The molecule has 0 amide bonds. The van der Waals surface area contributed by atoms with Gasteiger partial charge in [-0.25, -0.2) is 9.59 Å². The standard InChI is InChI=1S/C14H20N2O5/c1-3-16(4-2)7-8-20-13(17)11-6-5-10(15)9-12(11)21-14(18)19/h5-6,9H,3-4,7-8,15H2,1-2H3,(H,18,19). The van der Waals surface area contributed by atoms with Gasteiger partial charge >= 0.3 is 12.1 Å². The van der Waals surface area contributed by atoms with E-state index < -0.39 is 12.1 Å². The third-order valence-corrected chi connectivity index (χ3v) is 2.96. The highest BCUT2D eigenvalue weighted by atomic mass is 16.7. The first-order chi connectivity index (χ1) is 9.97. The first-order valence-corrected chi connectivity index (χ1v) is 6.67. The molecular weight excluding hydrogens is 276 g/mol. The quantitative estimate of drug-likeness (QED) is 0.449. The van der Waals surface area contributed by atoms with Gasteiger partial charge in [-0.1, -0.05) is 13.8 Å². The van der Waals surface area contributed by atoms with Crippen molar-refractivity contribution in [3.05, 3.63) is 23.8 Å². The fourth-order valence-electron chi connectivity index (χ4n) is 1.77. The van der Waals surface area contributed by atoms with Gasteiger partial charge in [-0.05, 0) is 25.2 Å². The molecule has 21 heavy (non-hydrogen) atoms. The number of anilines is 1. The molecule has 1 rings (SSSR count). The van der Waals surface area contributed by atoms with Crippen LogP contribution >= 0.6 is 0 Å². The van der Waals surface area contributed by atoms with Gasteiger partial charge in [-0.15, -0.1) is 0 Å². The lowest BCUT2D eigenvalue weighted by Gasteiger charge is -2.17. The molecule has 0 radical (unpaired) electrons. The van der Waals surface area contributed by atoms with Gasteiger partial charge < -0.3 is 25.2 Å². The highest BCUT2D eigenvalue weighted by molar-refractivity contribution is 5.93. The summed E-state index contributed by atoms with van der Waals surface area (Å²) in [5, 5.41) is 8.65. The van der Waals surface area contributed by atoms with Crippen molar-refractivity contribution in [3.63, 3.8) is 0 Å². The minimum Gasteiger partial charge on any atom is -0.461 e. The Hall–Kier alpha value is -2.28. The molecule has 3 N–H and O–H groups in total. The summed E-state index contributed by atoms with van der Waals surface area (Å²) in [6.45, 7) is 6.60. The highest BCUT2D eigenvalue weighted by Crippen LogP contribution is 2.23. The second-order valence-electron chi connectivity index (χ2n) is 4.29. The summed E-state index contributed by atoms with van der Waals surface area (Å²) in [4.78, 5) is 24.7. The van der Waals surface area contributed by atoms with Crippen LogP contribution in [0.4, 0.5) is 10.5 Å². The molecule has 0 bridgehead atoms. The van der Waals surface area contributed by atoms with Gasteiger partial charge in [-0.3, -0.25) is 0 Å². The smallest absolute Gasteiger partial charge is 0.461 e. The van der Waals surface area contributed by atoms with Crippen molar-refractivity contribution in [2.24, 2.45) is 0 Å². The van der Waals surface area contributed by atoms with Crippen molar-refractivity contribution in [1.82, 2.24) is 4.90 Å². The predicted octanol–water partition coefficient (Wildman–Crippen LogP) is 1.82. The second kappa shape index (κ2) is 8.11. The summed E-state index contributed by atoms with van der Waals surface area (Å²) < 4.78 is 9.67. The molecule has 0 unspecified atom stereocenters. The van der Waals surface area contributed by atoms with E-state index in [4.69, 9.17) is 15.6 Å². The van der Waals surface area contributed by atoms with Crippen LogP contribution < -0.4 is 10.5 Å². The van der Waals surface area contributed by atoms with Crippen LogP contribution in [-0.2, 0) is 4.74 Å². The number of nitrogens with two attached hydrogens (primary N) is 1. The van der Waals surface area contributed by atoms with Gasteiger partial charge in [0, 0.05) is 18.3 Å². The Morgan fingerprint density at radius 3 is 2.52 bits per heavy atom. The van der Waals surface area contributed by atoms with Crippen LogP contribution in [0.1, 0.15) is 24.2 Å². The molecule has 0 aliphatic heterocycles. The molecule has 0 spiro atoms. The third kappa shape index (κ3) is 5.31. The number of carbonyl (C=O) groups excluding carboxylic acids is 1. The van der Waals surface area contributed by atoms with E-state index in [0.717, 1.165) is 13.1 Å². The average molecular weight is 296 g/mol. The first-order valence-electron chi connectivity index (χ1n) is 6.67. The van der Waals surface area contributed by atoms with Gasteiger partial charge in [0.15, 0.2) is 5.75 Å². The molecule has 0 saturated carbocycles. The van der Waals surface area contributed by atoms with Crippen molar-refractivity contribution in [2.75, 3.05) is 32.0 Å². The first kappa shape index (κ1) is 16.8. The number of carboxylic acid groups (broad SMARTS) is 1. The summed E-state index contributed by atoms with van der Waals surface area (Å²) in [5.74, 6) is -0.770. The van der Waals surface area contributed by atoms with Crippen molar-refractivity contribution < 1.29 is 24.2 Å². The Bertz CT molecular complexity index is 500. The summed E-state index contributed by atoms with van der Waals surface area (Å²) in [7, 11) is 0. The van der Waals surface area contributed by atoms with Crippen LogP contribution in [0.25, 0.3) is 0 Å². The van der Waals surface area contributed by atoms with Crippen LogP contribution in [0.3, 0.4) is 0 Å². The summed E-state index contributed by atoms with van der Waals surface area (Å²) in [5.41, 5.74) is 5.88. The number of nitrogens with zero attached hydrogens (tertiary/aromatic N) is 1. The van der Waals surface area contributed by atoms with Crippen LogP contribution in [0.2, 0.25) is 0 Å². The summed E-state index contributed by atoms with van der Waals surface area (Å²) in [6.07, 6.45) is -1.52. The van der Waals surface area contributed by atoms with Crippen molar-refractivity contribution >= 4 is 17.8 Å². The monoisotopic (exact) mass is 296 g/mol. The molecule has 7 heteroatoms. The maximum absolute atomic E-state index is 12.0. The Kier molecular flexibility index (Phi) is 6.48. The van der Waals surface area contributed by atoms with E-state index in [9.17, 15) is 9.59 Å². The number of benzene rings is 1. The third-order valence-electron chi connectivity index (χ3n) is 2.96. The molecule has 7 nitrogen and oxygen atoms in total. The van der Waals surface area contributed by atoms with Gasteiger partial charge in [0.25, 0.3) is 0 Å². The maximum atomic E-state index is 12.0. The lowest BCUT2D eigenvalue weighted by atomic mass is 10.2. The van der Waals surface area contributed by atoms with Crippen molar-refractivity contribution in [1.29, 1.82) is 0 Å². The minimum absolute atomic E-state index is 0.0335. The molecule has 0 aliphatic rings. The molecule has 1 aromatic carbocycles. The van der Waals surface area contributed by atoms with E-state index in [1.54, 1.807) is 0 Å². The predicted molar refractivity (Wildman–Crippen MR) is 77.6 cm³/mol. The van der Waals surface area contributed by atoms with Crippen LogP contribution in [0.5, 0.6) is 5.75 Å². The maximum Gasteiger partial charge on any atom is 0.511 e. The number of hydrogen-bond donors (Lipinski definition) is 2. The molecule has 0 fully saturated rings. The number of ether oxygens (including phenoxy) is 2. The second-order valence-corrected chi connectivity index (χ2v) is 4.29. The van der Waals surface area contributed by atoms with Gasteiger partial charge in [0.1, 0.15) is 12.2 Å². The molecule has 0 heterocycles. The normalized spacial score (nSPS) is 10.4. The van der Waals surface area contributed by atoms with Gasteiger partial charge in [0.2, 0.25) is 0 Å². The fraction of sp³-hybridized carbons (Fsp3) is 0.429. The number of likely N-dealkylation sites (N-methyl/N-ethyl adjacent to an activating group) is 1. The highest BCUT2D eigenvalue weighted by Gasteiger charge is 2.17. The Balaban J connectivity index is 2.71. The number of hydrogen-bond acceptors (Lipinski definition) is 6. The SMILES string of the molecule is CCN(CC)CCOC(=O)c1ccc(N)cc1OC(=O)O. The number of carbonyl (C=O) groups is 2. The Labute approximate surface area is 123 Å². The number of esters is 1. The van der Waals surface area contributed by atoms with Crippen LogP contribution in [0, 0.1) is 0 Å². The number of rotatable bonds is 7. The van der Waals surface area contributed by atoms with E-state index in [2.05, 4.69) is 9.64 Å². The van der Waals surface area contributed by atoms with Crippen molar-refractivity contribution in [2.45, 2.75) is 13.8 Å². The van der Waals surface area contributed by atoms with Crippen molar-refractivity contribution in [3.8, 4) is 5.75 Å². The van der Waals surface area contributed by atoms with E-state index in [1.807, 2.05) is 13.8 Å². The summed E-state index contributed by atoms with van der Waals surface area (Å²) >= 11 is 0. The topological polar surface area (TPSA) is 102 Å². The summed E-state index contributed by atoms with van der Waals surface area (Å²) in [6, 6.07) is 4.14. The fourth-order valence-corrected chi connectivity index (χ4v) is 1.77. The molecule has 1 aromatic rings. The number of nitrogen functional groups attached to an aromatic ring is 1. The average Bonchev–Trinajstić information content (AvgIpc) is 2.43. The van der Waals surface area contributed by atoms with Gasteiger partial charge in [-0.2, -0.15) is 0 Å². The molecule has 0 aromatic heterocycles. The van der Waals surface area contributed by atoms with E-state index in [1.165, 1.54) is 18.2 Å². The molecule has 0 aliphatic carbocycles. The Morgan fingerprint density at radius 1 is 1.29 bits per heavy atom. The van der Waals surface area contributed by atoms with Crippen LogP contribution in [-0.4, -0.2) is 48.4 Å². The lowest BCUT2D eigenvalue weighted by molar-refractivity contribution is 0.0463. The Morgan fingerprint density at radius 2 is 1.95 bits per heavy atom. The minimum atomic E-state index is -1.52. The molecular formula is C14H20N2O5. The largest absolute Gasteiger partial charge is 0.511 e. The van der Waals surface area contributed by atoms with Crippen LogP contribution in [0.15, 0.2) is 18.2 Å². The molecule has 0 saturated heterocycles. The molecule has 116 valence electrons. The van der Waals surface area contributed by atoms with Gasteiger partial charge in [0.05, 0.1) is 0 Å². The zero-order valence-electron chi connectivity index (χ0n) is 12.2. The van der Waals surface area contributed by atoms with E-state index >= 15 is 0 Å². The van der Waals surface area contributed by atoms with E-state index in [-0.39, 0.29) is 17.9 Å².